The van der Waals surface area contributed by atoms with Crippen molar-refractivity contribution in [1.82, 2.24) is 4.40 Å². The normalized spacial score (nSPS) is 13.4. The molecule has 0 aliphatic rings. The van der Waals surface area contributed by atoms with Gasteiger partial charge in [0.1, 0.15) is 0 Å². The summed E-state index contributed by atoms with van der Waals surface area (Å²) in [6, 6.07) is 6.92. The minimum absolute atomic E-state index is 0.321. The molecular weight excluding hydrogens is 174 g/mol. The number of rotatable bonds is 1. The summed E-state index contributed by atoms with van der Waals surface area (Å²) in [5.41, 5.74) is 0.886. The number of hydrogen-bond acceptors (Lipinski definition) is 2. The second-order valence-electron chi connectivity index (χ2n) is 2.44. The fraction of sp³-hybridized carbons (Fsp3) is 0. The van der Waals surface area contributed by atoms with Crippen LogP contribution in [0.1, 0.15) is 0 Å². The van der Waals surface area contributed by atoms with E-state index in [4.69, 9.17) is 0 Å². The Kier molecular flexibility index (Phi) is 1.71. The summed E-state index contributed by atoms with van der Waals surface area (Å²) in [6.07, 6.45) is 3.59. The van der Waals surface area contributed by atoms with Crippen molar-refractivity contribution in [1.29, 1.82) is 0 Å². The van der Waals surface area contributed by atoms with Crippen LogP contribution in [0.4, 0.5) is 0 Å². The van der Waals surface area contributed by atoms with Crippen LogP contribution < -0.4 is 0 Å². The molecule has 0 N–H and O–H groups in total. The Labute approximate surface area is 71.9 Å². The molecule has 0 saturated carbocycles. The first kappa shape index (κ1) is 7.52. The maximum atomic E-state index is 10.6. The zero-order chi connectivity index (χ0) is 8.55. The van der Waals surface area contributed by atoms with Crippen LogP contribution in [0.5, 0.6) is 0 Å². The monoisotopic (exact) mass is 180 g/mol. The van der Waals surface area contributed by atoms with Crippen LogP contribution >= 0.6 is 0 Å². The molecule has 3 nitrogen and oxygen atoms in total. The Morgan fingerprint density at radius 3 is 2.92 bits per heavy atom. The van der Waals surface area contributed by atoms with E-state index in [2.05, 4.69) is 0 Å². The molecule has 2 heterocycles. The van der Waals surface area contributed by atoms with Gasteiger partial charge in [-0.25, -0.2) is 0 Å². The molecule has 62 valence electrons. The first-order valence-corrected chi connectivity index (χ1v) is 4.51. The quantitative estimate of drug-likeness (QED) is 0.618. The Hall–Kier alpha value is -1.13. The highest BCUT2D eigenvalue weighted by molar-refractivity contribution is 7.79. The van der Waals surface area contributed by atoms with E-state index < -0.39 is 11.1 Å². The third-order valence-corrected chi connectivity index (χ3v) is 2.33. The van der Waals surface area contributed by atoms with Crippen molar-refractivity contribution in [3.63, 3.8) is 0 Å². The van der Waals surface area contributed by atoms with Gasteiger partial charge in [-0.1, -0.05) is 0 Å². The van der Waals surface area contributed by atoms with Crippen LogP contribution in [0, 0.1) is 0 Å². The fourth-order valence-corrected chi connectivity index (χ4v) is 1.51. The summed E-state index contributed by atoms with van der Waals surface area (Å²) < 4.78 is 23.0. The molecule has 0 aliphatic heterocycles. The topological polar surface area (TPSA) is 44.5 Å². The number of pyridine rings is 1. The summed E-state index contributed by atoms with van der Waals surface area (Å²) in [6.45, 7) is 0. The summed E-state index contributed by atoms with van der Waals surface area (Å²) >= 11 is -2.13. The lowest BCUT2D eigenvalue weighted by Crippen LogP contribution is -1.90. The van der Waals surface area contributed by atoms with E-state index in [-0.39, 0.29) is 0 Å². The average molecular weight is 180 g/mol. The van der Waals surface area contributed by atoms with Gasteiger partial charge < -0.3 is 8.95 Å². The first-order chi connectivity index (χ1) is 5.77. The van der Waals surface area contributed by atoms with Crippen LogP contribution in [-0.2, 0) is 11.1 Å². The van der Waals surface area contributed by atoms with Gasteiger partial charge >= 0.3 is 0 Å². The predicted octanol–water partition coefficient (Wildman–Crippen LogP) is 1.18. The van der Waals surface area contributed by atoms with Gasteiger partial charge in [0.05, 0.1) is 0 Å². The second kappa shape index (κ2) is 2.73. The Morgan fingerprint density at radius 1 is 1.33 bits per heavy atom. The van der Waals surface area contributed by atoms with Crippen LogP contribution in [0.3, 0.4) is 0 Å². The maximum Gasteiger partial charge on any atom is 0.0461 e. The minimum Gasteiger partial charge on any atom is -0.768 e. The molecule has 0 spiro atoms. The zero-order valence-corrected chi connectivity index (χ0v) is 6.95. The van der Waals surface area contributed by atoms with Gasteiger partial charge in [0.2, 0.25) is 0 Å². The molecule has 0 fully saturated rings. The Balaban J connectivity index is 2.68. The first-order valence-electron chi connectivity index (χ1n) is 3.43. The molecule has 1 unspecified atom stereocenters. The molecule has 0 amide bonds. The summed E-state index contributed by atoms with van der Waals surface area (Å²) in [7, 11) is 0. The van der Waals surface area contributed by atoms with E-state index in [1.54, 1.807) is 18.3 Å². The molecule has 2 rings (SSSR count). The van der Waals surface area contributed by atoms with E-state index in [0.717, 1.165) is 5.52 Å². The standard InChI is InChI=1S/C8H7NO2S/c10-12(11)8-3-5-9-4-1-2-7(9)6-8/h1-6H,(H,10,11)/p-1. The largest absolute Gasteiger partial charge is 0.768 e. The van der Waals surface area contributed by atoms with Gasteiger partial charge in [-0.3, -0.25) is 4.21 Å². The van der Waals surface area contributed by atoms with Crippen molar-refractivity contribution < 1.29 is 8.76 Å². The highest BCUT2D eigenvalue weighted by Crippen LogP contribution is 2.10. The van der Waals surface area contributed by atoms with Crippen LogP contribution in [-0.4, -0.2) is 13.2 Å². The fourth-order valence-electron chi connectivity index (χ4n) is 1.12. The van der Waals surface area contributed by atoms with Crippen molar-refractivity contribution in [2.75, 3.05) is 0 Å². The molecule has 12 heavy (non-hydrogen) atoms. The highest BCUT2D eigenvalue weighted by Gasteiger charge is 1.94. The van der Waals surface area contributed by atoms with Crippen LogP contribution in [0.2, 0.25) is 0 Å². The summed E-state index contributed by atoms with van der Waals surface area (Å²) in [4.78, 5) is 0.321. The second-order valence-corrected chi connectivity index (χ2v) is 3.38. The Bertz CT molecular complexity index is 435. The third-order valence-electron chi connectivity index (χ3n) is 1.69. The van der Waals surface area contributed by atoms with Crippen LogP contribution in [0.15, 0.2) is 41.6 Å². The number of nitrogens with zero attached hydrogens (tertiary/aromatic N) is 1. The molecule has 0 aliphatic carbocycles. The molecule has 2 aromatic heterocycles. The molecule has 2 aromatic rings. The smallest absolute Gasteiger partial charge is 0.0461 e. The number of aromatic nitrogens is 1. The van der Waals surface area contributed by atoms with Gasteiger partial charge in [0.25, 0.3) is 0 Å². The summed E-state index contributed by atoms with van der Waals surface area (Å²) in [5, 5.41) is 0. The third kappa shape index (κ3) is 1.15. The van der Waals surface area contributed by atoms with E-state index in [1.165, 1.54) is 0 Å². The van der Waals surface area contributed by atoms with E-state index >= 15 is 0 Å². The molecular formula is C8H6NO2S-. The van der Waals surface area contributed by atoms with Gasteiger partial charge in [0.15, 0.2) is 0 Å². The van der Waals surface area contributed by atoms with Crippen molar-refractivity contribution in [3.05, 3.63) is 36.7 Å². The lowest BCUT2D eigenvalue weighted by atomic mass is 10.4. The van der Waals surface area contributed by atoms with Crippen molar-refractivity contribution >= 4 is 16.6 Å². The lowest BCUT2D eigenvalue weighted by Gasteiger charge is -2.04. The van der Waals surface area contributed by atoms with E-state index in [1.807, 2.05) is 22.7 Å². The lowest BCUT2D eigenvalue weighted by molar-refractivity contribution is 0.537. The van der Waals surface area contributed by atoms with Gasteiger partial charge in [-0.05, 0) is 35.3 Å². The highest BCUT2D eigenvalue weighted by atomic mass is 32.2. The van der Waals surface area contributed by atoms with Crippen LogP contribution in [0.25, 0.3) is 5.52 Å². The van der Waals surface area contributed by atoms with Crippen molar-refractivity contribution in [3.8, 4) is 0 Å². The number of hydrogen-bond donors (Lipinski definition) is 0. The maximum absolute atomic E-state index is 10.6. The van der Waals surface area contributed by atoms with E-state index in [0.29, 0.717) is 4.90 Å². The molecule has 0 saturated heterocycles. The molecule has 1 atom stereocenters. The molecule has 0 aromatic carbocycles. The predicted molar refractivity (Wildman–Crippen MR) is 44.6 cm³/mol. The summed E-state index contributed by atoms with van der Waals surface area (Å²) in [5.74, 6) is 0. The van der Waals surface area contributed by atoms with Gasteiger partial charge in [0, 0.05) is 22.8 Å². The minimum atomic E-state index is -2.13. The number of fused-ring (bicyclic) bond motifs is 1. The van der Waals surface area contributed by atoms with Gasteiger partial charge in [-0.2, -0.15) is 0 Å². The SMILES string of the molecule is O=S([O-])c1ccn2cccc2c1. The Morgan fingerprint density at radius 2 is 2.17 bits per heavy atom. The average Bonchev–Trinajstić information content (AvgIpc) is 2.49. The molecule has 0 radical (unpaired) electrons. The van der Waals surface area contributed by atoms with Crippen molar-refractivity contribution in [2.45, 2.75) is 4.90 Å². The molecule has 4 heteroatoms. The van der Waals surface area contributed by atoms with Gasteiger partial charge in [-0.15, -0.1) is 0 Å². The van der Waals surface area contributed by atoms with Crippen molar-refractivity contribution in [2.24, 2.45) is 0 Å². The van der Waals surface area contributed by atoms with E-state index in [9.17, 15) is 8.76 Å². The zero-order valence-electron chi connectivity index (χ0n) is 6.14. The molecule has 0 bridgehead atoms.